The molecule has 2 atom stereocenters. The number of carbonyl (C=O) groups excluding carboxylic acids is 1. The van der Waals surface area contributed by atoms with Crippen LogP contribution >= 0.6 is 0 Å². The Labute approximate surface area is 184 Å². The summed E-state index contributed by atoms with van der Waals surface area (Å²) in [6.45, 7) is 3.08. The number of anilines is 1. The molecule has 6 nitrogen and oxygen atoms in total. The number of alkyl halides is 3. The number of hydrogen-bond donors (Lipinski definition) is 1. The van der Waals surface area contributed by atoms with Crippen LogP contribution in [0, 0.1) is 5.92 Å². The first kappa shape index (κ1) is 21.9. The molecule has 9 heteroatoms. The highest BCUT2D eigenvalue weighted by atomic mass is 19.4. The van der Waals surface area contributed by atoms with Gasteiger partial charge in [-0.2, -0.15) is 18.3 Å². The normalized spacial score (nSPS) is 19.1. The van der Waals surface area contributed by atoms with Crippen LogP contribution in [0.15, 0.2) is 60.9 Å². The minimum absolute atomic E-state index is 0.120. The Morgan fingerprint density at radius 2 is 1.94 bits per heavy atom. The molecular formula is C23H24F3N5O. The van der Waals surface area contributed by atoms with Crippen LogP contribution in [0.25, 0.3) is 5.69 Å². The number of piperidine rings is 1. The van der Waals surface area contributed by atoms with Gasteiger partial charge in [0.1, 0.15) is 11.5 Å². The van der Waals surface area contributed by atoms with E-state index in [1.165, 1.54) is 6.07 Å². The average molecular weight is 443 g/mol. The number of benzene rings is 1. The number of nitrogens with one attached hydrogen (secondary N) is 1. The van der Waals surface area contributed by atoms with Crippen LogP contribution in [0.3, 0.4) is 0 Å². The van der Waals surface area contributed by atoms with Crippen molar-refractivity contribution < 1.29 is 18.0 Å². The minimum Gasteiger partial charge on any atom is -0.368 e. The van der Waals surface area contributed by atoms with Crippen molar-refractivity contribution in [2.75, 3.05) is 18.4 Å². The number of carbonyl (C=O) groups is 1. The van der Waals surface area contributed by atoms with E-state index in [9.17, 15) is 18.0 Å². The minimum atomic E-state index is -4.42. The van der Waals surface area contributed by atoms with Gasteiger partial charge in [-0.25, -0.2) is 9.67 Å². The molecular weight excluding hydrogens is 419 g/mol. The third-order valence-electron chi connectivity index (χ3n) is 5.82. The lowest BCUT2D eigenvalue weighted by molar-refractivity contribution is -0.137. The number of amides is 1. The average Bonchev–Trinajstić information content (AvgIpc) is 3.28. The van der Waals surface area contributed by atoms with Crippen molar-refractivity contribution in [2.45, 2.75) is 32.0 Å². The zero-order valence-electron chi connectivity index (χ0n) is 17.6. The van der Waals surface area contributed by atoms with Crippen molar-refractivity contribution in [2.24, 2.45) is 5.92 Å². The number of halogens is 3. The Morgan fingerprint density at radius 1 is 1.16 bits per heavy atom. The van der Waals surface area contributed by atoms with Gasteiger partial charge in [0, 0.05) is 19.3 Å². The summed E-state index contributed by atoms with van der Waals surface area (Å²) in [6, 6.07) is 13.3. The van der Waals surface area contributed by atoms with Gasteiger partial charge in [0.2, 0.25) is 0 Å². The molecule has 1 saturated heterocycles. The second kappa shape index (κ2) is 9.02. The van der Waals surface area contributed by atoms with E-state index < -0.39 is 11.7 Å². The molecule has 3 heterocycles. The van der Waals surface area contributed by atoms with Gasteiger partial charge in [-0.05, 0) is 49.1 Å². The van der Waals surface area contributed by atoms with Gasteiger partial charge in [0.05, 0.1) is 23.5 Å². The van der Waals surface area contributed by atoms with Gasteiger partial charge >= 0.3 is 6.18 Å². The largest absolute Gasteiger partial charge is 0.417 e. The first-order chi connectivity index (χ1) is 15.3. The van der Waals surface area contributed by atoms with Crippen molar-refractivity contribution in [3.63, 3.8) is 0 Å². The van der Waals surface area contributed by atoms with Crippen LogP contribution in [0.5, 0.6) is 0 Å². The van der Waals surface area contributed by atoms with Crippen molar-refractivity contribution in [1.82, 2.24) is 19.7 Å². The van der Waals surface area contributed by atoms with E-state index in [2.05, 4.69) is 22.3 Å². The number of para-hydroxylation sites is 1. The lowest BCUT2D eigenvalue weighted by atomic mass is 9.90. The highest BCUT2D eigenvalue weighted by molar-refractivity contribution is 5.93. The van der Waals surface area contributed by atoms with Crippen LogP contribution in [0.4, 0.5) is 19.0 Å². The Kier molecular flexibility index (Phi) is 6.16. The maximum atomic E-state index is 13.5. The summed E-state index contributed by atoms with van der Waals surface area (Å²) in [5.74, 6) is 0.449. The van der Waals surface area contributed by atoms with E-state index in [1.54, 1.807) is 16.9 Å². The zero-order valence-corrected chi connectivity index (χ0v) is 17.6. The molecule has 1 unspecified atom stereocenters. The van der Waals surface area contributed by atoms with Crippen molar-refractivity contribution in [3.8, 4) is 5.69 Å². The lowest BCUT2D eigenvalue weighted by Crippen LogP contribution is -2.51. The van der Waals surface area contributed by atoms with Crippen molar-refractivity contribution >= 4 is 11.7 Å². The Bertz CT molecular complexity index is 1050. The second-order valence-electron chi connectivity index (χ2n) is 7.96. The molecule has 0 bridgehead atoms. The number of rotatable bonds is 5. The lowest BCUT2D eigenvalue weighted by Gasteiger charge is -2.40. The van der Waals surface area contributed by atoms with E-state index in [0.29, 0.717) is 24.6 Å². The molecule has 2 aromatic heterocycles. The smallest absolute Gasteiger partial charge is 0.368 e. The molecule has 4 rings (SSSR count). The molecule has 3 aromatic rings. The first-order valence-electron chi connectivity index (χ1n) is 10.5. The fraction of sp³-hybridized carbons (Fsp3) is 0.348. The zero-order chi connectivity index (χ0) is 22.7. The molecule has 1 fully saturated rings. The number of pyridine rings is 1. The summed E-state index contributed by atoms with van der Waals surface area (Å²) in [5, 5.41) is 7.42. The van der Waals surface area contributed by atoms with Gasteiger partial charge in [0.25, 0.3) is 5.91 Å². The monoisotopic (exact) mass is 443 g/mol. The molecule has 1 aromatic carbocycles. The Balaban J connectivity index is 1.51. The van der Waals surface area contributed by atoms with E-state index in [0.717, 1.165) is 30.8 Å². The van der Waals surface area contributed by atoms with E-state index in [4.69, 9.17) is 0 Å². The first-order valence-corrected chi connectivity index (χ1v) is 10.5. The summed E-state index contributed by atoms with van der Waals surface area (Å²) in [5.41, 5.74) is 0.484. The molecule has 0 saturated carbocycles. The summed E-state index contributed by atoms with van der Waals surface area (Å²) >= 11 is 0. The molecule has 0 aliphatic carbocycles. The molecule has 1 N–H and O–H groups in total. The molecule has 0 radical (unpaired) electrons. The fourth-order valence-electron chi connectivity index (χ4n) is 4.08. The molecule has 0 spiro atoms. The van der Waals surface area contributed by atoms with Gasteiger partial charge in [-0.1, -0.05) is 25.1 Å². The summed E-state index contributed by atoms with van der Waals surface area (Å²) in [7, 11) is 0. The Hall–Kier alpha value is -3.36. The van der Waals surface area contributed by atoms with E-state index in [1.807, 2.05) is 35.2 Å². The van der Waals surface area contributed by atoms with Gasteiger partial charge in [-0.15, -0.1) is 0 Å². The molecule has 1 aliphatic rings. The molecule has 1 amide bonds. The Morgan fingerprint density at radius 3 is 2.62 bits per heavy atom. The highest BCUT2D eigenvalue weighted by Crippen LogP contribution is 2.29. The third-order valence-corrected chi connectivity index (χ3v) is 5.82. The number of hydrogen-bond acceptors (Lipinski definition) is 4. The maximum absolute atomic E-state index is 13.5. The van der Waals surface area contributed by atoms with Gasteiger partial charge < -0.3 is 10.2 Å². The second-order valence-corrected chi connectivity index (χ2v) is 7.96. The SMILES string of the molecule is C[C@@H]1CCCN(C(=O)c2ccnn2-c2ccccc2)C1CNc1ccc(C(F)(F)F)cn1. The predicted molar refractivity (Wildman–Crippen MR) is 115 cm³/mol. The number of likely N-dealkylation sites (tertiary alicyclic amines) is 1. The fourth-order valence-corrected chi connectivity index (χ4v) is 4.08. The number of nitrogens with zero attached hydrogens (tertiary/aromatic N) is 4. The van der Waals surface area contributed by atoms with Crippen molar-refractivity contribution in [1.29, 1.82) is 0 Å². The van der Waals surface area contributed by atoms with Crippen LogP contribution in [0.1, 0.15) is 35.8 Å². The highest BCUT2D eigenvalue weighted by Gasteiger charge is 2.34. The van der Waals surface area contributed by atoms with E-state index >= 15 is 0 Å². The van der Waals surface area contributed by atoms with E-state index in [-0.39, 0.29) is 17.9 Å². The quantitative estimate of drug-likeness (QED) is 0.624. The summed E-state index contributed by atoms with van der Waals surface area (Å²) in [6.07, 6.45) is -0.148. The molecule has 32 heavy (non-hydrogen) atoms. The number of aromatic nitrogens is 3. The van der Waals surface area contributed by atoms with Gasteiger partial charge in [-0.3, -0.25) is 4.79 Å². The molecule has 1 aliphatic heterocycles. The van der Waals surface area contributed by atoms with Crippen LogP contribution in [0.2, 0.25) is 0 Å². The van der Waals surface area contributed by atoms with Crippen molar-refractivity contribution in [3.05, 3.63) is 72.2 Å². The predicted octanol–water partition coefficient (Wildman–Crippen LogP) is 4.64. The van der Waals surface area contributed by atoms with Crippen LogP contribution in [-0.2, 0) is 6.18 Å². The standard InChI is InChI=1S/C23H24F3N5O/c1-16-6-5-13-30(20(16)15-28-21-10-9-17(14-27-21)23(24,25)26)22(32)19-11-12-29-31(19)18-7-3-2-4-8-18/h2-4,7-12,14,16,20H,5-6,13,15H2,1H3,(H,27,28)/t16-,20?/m1/s1. The van der Waals surface area contributed by atoms with Gasteiger partial charge in [0.15, 0.2) is 0 Å². The van der Waals surface area contributed by atoms with Crippen LogP contribution in [-0.4, -0.2) is 44.7 Å². The topological polar surface area (TPSA) is 63.1 Å². The molecule has 168 valence electrons. The summed E-state index contributed by atoms with van der Waals surface area (Å²) in [4.78, 5) is 19.2. The third kappa shape index (κ3) is 4.61. The maximum Gasteiger partial charge on any atom is 0.417 e. The van der Waals surface area contributed by atoms with Crippen LogP contribution < -0.4 is 5.32 Å². The summed E-state index contributed by atoms with van der Waals surface area (Å²) < 4.78 is 39.9.